The molecule has 0 aromatic heterocycles. The third-order valence-electron chi connectivity index (χ3n) is 2.87. The van der Waals surface area contributed by atoms with E-state index in [-0.39, 0.29) is 11.2 Å². The number of thioether (sulfide) groups is 1. The van der Waals surface area contributed by atoms with E-state index in [1.165, 1.54) is 4.90 Å². The highest BCUT2D eigenvalue weighted by molar-refractivity contribution is 7.99. The normalized spacial score (nSPS) is 11.9. The van der Waals surface area contributed by atoms with Crippen LogP contribution in [0, 0.1) is 5.41 Å². The van der Waals surface area contributed by atoms with Crippen LogP contribution >= 0.6 is 11.8 Å². The van der Waals surface area contributed by atoms with Gasteiger partial charge in [0.15, 0.2) is 5.78 Å². The molecule has 100 valence electrons. The van der Waals surface area contributed by atoms with E-state index in [2.05, 4.69) is 13.8 Å². The molecule has 0 atom stereocenters. The Morgan fingerprint density at radius 2 is 1.83 bits per heavy atom. The van der Waals surface area contributed by atoms with Crippen LogP contribution in [0.25, 0.3) is 0 Å². The number of hydrogen-bond donors (Lipinski definition) is 1. The van der Waals surface area contributed by atoms with E-state index in [0.717, 1.165) is 5.56 Å². The standard InChI is InChI=1S/C15H23NOS/c1-11(2)18-13-7-5-12(6-8-13)14(17)15(3,4)9-10-16/h5-8,11H,9-10,16H2,1-4H3. The van der Waals surface area contributed by atoms with Crippen LogP contribution in [0.15, 0.2) is 29.2 Å². The van der Waals surface area contributed by atoms with Gasteiger partial charge in [-0.1, -0.05) is 39.8 Å². The molecule has 0 aliphatic rings. The number of Topliss-reactive ketones (excluding diaryl/α,β-unsaturated/α-hetero) is 1. The van der Waals surface area contributed by atoms with Gasteiger partial charge in [0.05, 0.1) is 0 Å². The molecular weight excluding hydrogens is 242 g/mol. The van der Waals surface area contributed by atoms with Gasteiger partial charge in [0, 0.05) is 21.1 Å². The molecule has 2 nitrogen and oxygen atoms in total. The first-order valence-electron chi connectivity index (χ1n) is 6.38. The topological polar surface area (TPSA) is 43.1 Å². The fourth-order valence-electron chi connectivity index (χ4n) is 1.82. The summed E-state index contributed by atoms with van der Waals surface area (Å²) in [6.07, 6.45) is 0.717. The van der Waals surface area contributed by atoms with E-state index in [1.807, 2.05) is 38.1 Å². The van der Waals surface area contributed by atoms with Gasteiger partial charge in [0.25, 0.3) is 0 Å². The predicted octanol–water partition coefficient (Wildman–Crippen LogP) is 3.74. The Balaban J connectivity index is 2.82. The lowest BCUT2D eigenvalue weighted by Gasteiger charge is -2.22. The molecule has 0 saturated carbocycles. The highest BCUT2D eigenvalue weighted by Gasteiger charge is 2.27. The molecule has 0 aliphatic carbocycles. The van der Waals surface area contributed by atoms with Crippen molar-refractivity contribution >= 4 is 17.5 Å². The van der Waals surface area contributed by atoms with Gasteiger partial charge < -0.3 is 5.73 Å². The fourth-order valence-corrected chi connectivity index (χ4v) is 2.66. The molecule has 0 bridgehead atoms. The van der Waals surface area contributed by atoms with Crippen LogP contribution in [-0.2, 0) is 0 Å². The number of ketones is 1. The van der Waals surface area contributed by atoms with Crippen molar-refractivity contribution in [1.82, 2.24) is 0 Å². The maximum absolute atomic E-state index is 12.3. The van der Waals surface area contributed by atoms with Crippen molar-refractivity contribution < 1.29 is 4.79 Å². The molecule has 18 heavy (non-hydrogen) atoms. The molecule has 2 N–H and O–H groups in total. The lowest BCUT2D eigenvalue weighted by Crippen LogP contribution is -2.27. The number of carbonyl (C=O) groups excluding carboxylic acids is 1. The Morgan fingerprint density at radius 1 is 1.28 bits per heavy atom. The van der Waals surface area contributed by atoms with E-state index in [9.17, 15) is 4.79 Å². The molecule has 1 aromatic rings. The van der Waals surface area contributed by atoms with Crippen molar-refractivity contribution in [2.24, 2.45) is 11.1 Å². The minimum atomic E-state index is -0.374. The first kappa shape index (κ1) is 15.3. The van der Waals surface area contributed by atoms with Gasteiger partial charge >= 0.3 is 0 Å². The molecule has 0 radical (unpaired) electrons. The Hall–Kier alpha value is -0.800. The number of benzene rings is 1. The van der Waals surface area contributed by atoms with Crippen molar-refractivity contribution in [3.63, 3.8) is 0 Å². The average molecular weight is 265 g/mol. The summed E-state index contributed by atoms with van der Waals surface area (Å²) in [5.41, 5.74) is 5.96. The summed E-state index contributed by atoms with van der Waals surface area (Å²) in [4.78, 5) is 13.5. The van der Waals surface area contributed by atoms with Crippen LogP contribution in [0.5, 0.6) is 0 Å². The molecule has 0 spiro atoms. The van der Waals surface area contributed by atoms with Crippen LogP contribution < -0.4 is 5.73 Å². The lowest BCUT2D eigenvalue weighted by molar-refractivity contribution is 0.0829. The lowest BCUT2D eigenvalue weighted by atomic mass is 9.81. The Labute approximate surface area is 114 Å². The van der Waals surface area contributed by atoms with Gasteiger partial charge in [-0.05, 0) is 25.1 Å². The summed E-state index contributed by atoms with van der Waals surface area (Å²) in [7, 11) is 0. The minimum Gasteiger partial charge on any atom is -0.330 e. The Bertz CT molecular complexity index is 395. The zero-order valence-electron chi connectivity index (χ0n) is 11.7. The second-order valence-corrected chi connectivity index (χ2v) is 7.09. The number of rotatable bonds is 6. The van der Waals surface area contributed by atoms with Crippen molar-refractivity contribution in [1.29, 1.82) is 0 Å². The van der Waals surface area contributed by atoms with Crippen molar-refractivity contribution in [3.8, 4) is 0 Å². The monoisotopic (exact) mass is 265 g/mol. The van der Waals surface area contributed by atoms with Gasteiger partial charge in [-0.25, -0.2) is 0 Å². The highest BCUT2D eigenvalue weighted by atomic mass is 32.2. The Kier molecular flexibility index (Phi) is 5.42. The van der Waals surface area contributed by atoms with Crippen molar-refractivity contribution in [2.45, 2.75) is 44.3 Å². The molecule has 1 rings (SSSR count). The number of hydrogen-bond acceptors (Lipinski definition) is 3. The summed E-state index contributed by atoms with van der Waals surface area (Å²) in [5.74, 6) is 0.175. The maximum atomic E-state index is 12.3. The minimum absolute atomic E-state index is 0.175. The van der Waals surface area contributed by atoms with Crippen LogP contribution in [-0.4, -0.2) is 17.6 Å². The van der Waals surface area contributed by atoms with Crippen molar-refractivity contribution in [2.75, 3.05) is 6.54 Å². The van der Waals surface area contributed by atoms with E-state index in [1.54, 1.807) is 11.8 Å². The summed E-state index contributed by atoms with van der Waals surface area (Å²) < 4.78 is 0. The largest absolute Gasteiger partial charge is 0.330 e. The highest BCUT2D eigenvalue weighted by Crippen LogP contribution is 2.28. The molecule has 0 saturated heterocycles. The molecule has 0 fully saturated rings. The first-order chi connectivity index (χ1) is 8.36. The molecule has 0 heterocycles. The predicted molar refractivity (Wildman–Crippen MR) is 79.2 cm³/mol. The second kappa shape index (κ2) is 6.39. The molecular formula is C15H23NOS. The summed E-state index contributed by atoms with van der Waals surface area (Å²) in [6.45, 7) is 8.78. The summed E-state index contributed by atoms with van der Waals surface area (Å²) in [6, 6.07) is 7.89. The van der Waals surface area contributed by atoms with Crippen molar-refractivity contribution in [3.05, 3.63) is 29.8 Å². The van der Waals surface area contributed by atoms with E-state index in [0.29, 0.717) is 18.2 Å². The molecule has 3 heteroatoms. The third kappa shape index (κ3) is 4.14. The summed E-state index contributed by atoms with van der Waals surface area (Å²) in [5, 5.41) is 0.556. The van der Waals surface area contributed by atoms with E-state index >= 15 is 0 Å². The fraction of sp³-hybridized carbons (Fsp3) is 0.533. The van der Waals surface area contributed by atoms with Gasteiger partial charge in [-0.15, -0.1) is 11.8 Å². The Morgan fingerprint density at radius 3 is 2.28 bits per heavy atom. The number of nitrogens with two attached hydrogens (primary N) is 1. The van der Waals surface area contributed by atoms with Crippen LogP contribution in [0.2, 0.25) is 0 Å². The smallest absolute Gasteiger partial charge is 0.168 e. The van der Waals surface area contributed by atoms with Crippen LogP contribution in [0.3, 0.4) is 0 Å². The second-order valence-electron chi connectivity index (χ2n) is 5.44. The van der Waals surface area contributed by atoms with E-state index in [4.69, 9.17) is 5.73 Å². The number of carbonyl (C=O) groups is 1. The maximum Gasteiger partial charge on any atom is 0.168 e. The van der Waals surface area contributed by atoms with Crippen LogP contribution in [0.1, 0.15) is 44.5 Å². The van der Waals surface area contributed by atoms with Gasteiger partial charge in [0.2, 0.25) is 0 Å². The van der Waals surface area contributed by atoms with Gasteiger partial charge in [-0.2, -0.15) is 0 Å². The van der Waals surface area contributed by atoms with E-state index < -0.39 is 0 Å². The zero-order valence-corrected chi connectivity index (χ0v) is 12.5. The van der Waals surface area contributed by atoms with Crippen LogP contribution in [0.4, 0.5) is 0 Å². The van der Waals surface area contributed by atoms with Gasteiger partial charge in [0.1, 0.15) is 0 Å². The molecule has 0 amide bonds. The zero-order chi connectivity index (χ0) is 13.8. The summed E-state index contributed by atoms with van der Waals surface area (Å²) >= 11 is 1.81. The molecule has 0 aliphatic heterocycles. The molecule has 0 unspecified atom stereocenters. The average Bonchev–Trinajstić information content (AvgIpc) is 2.28. The van der Waals surface area contributed by atoms with Gasteiger partial charge in [-0.3, -0.25) is 4.79 Å². The third-order valence-corrected chi connectivity index (χ3v) is 3.89. The quantitative estimate of drug-likeness (QED) is 0.629. The SMILES string of the molecule is CC(C)Sc1ccc(C(=O)C(C)(C)CCN)cc1. The molecule has 1 aromatic carbocycles. The first-order valence-corrected chi connectivity index (χ1v) is 7.26.